The summed E-state index contributed by atoms with van der Waals surface area (Å²) in [4.78, 5) is 11.8. The fraction of sp³-hybridized carbons (Fsp3) is 0.286. The summed E-state index contributed by atoms with van der Waals surface area (Å²) >= 11 is 0. The number of carbonyl (C=O) groups is 1. The number of nitrogens with zero attached hydrogens (tertiary/aromatic N) is 2. The molecule has 2 rings (SSSR count). The maximum atomic E-state index is 12.5. The van der Waals surface area contributed by atoms with Gasteiger partial charge < -0.3 is 5.32 Å². The Labute approximate surface area is 132 Å². The predicted molar refractivity (Wildman–Crippen MR) is 72.0 cm³/mol. The van der Waals surface area contributed by atoms with Gasteiger partial charge in [0.25, 0.3) is 0 Å². The van der Waals surface area contributed by atoms with E-state index < -0.39 is 29.5 Å². The molecule has 0 bridgehead atoms. The summed E-state index contributed by atoms with van der Waals surface area (Å²) in [5.74, 6) is -0.842. The monoisotopic (exact) mass is 351 g/mol. The molecule has 0 fully saturated rings. The number of carbonyl (C=O) groups excluding carboxylic acids is 1. The number of aryl methyl sites for hydroxylation is 1. The Bertz CT molecular complexity index is 730. The second-order valence-corrected chi connectivity index (χ2v) is 4.96. The van der Waals surface area contributed by atoms with Crippen molar-refractivity contribution in [3.8, 4) is 0 Å². The third-order valence-electron chi connectivity index (χ3n) is 3.08. The molecule has 1 amide bonds. The molecule has 4 nitrogen and oxygen atoms in total. The summed E-state index contributed by atoms with van der Waals surface area (Å²) in [6, 6.07) is 4.59. The molecule has 1 aromatic heterocycles. The molecule has 0 saturated heterocycles. The van der Waals surface area contributed by atoms with E-state index in [9.17, 15) is 31.1 Å². The van der Waals surface area contributed by atoms with Gasteiger partial charge in [0.1, 0.15) is 5.82 Å². The third kappa shape index (κ3) is 4.27. The second-order valence-electron chi connectivity index (χ2n) is 4.96. The molecule has 24 heavy (non-hydrogen) atoms. The minimum absolute atomic E-state index is 0.167. The Hall–Kier alpha value is -2.52. The molecule has 1 heterocycles. The lowest BCUT2D eigenvalue weighted by molar-refractivity contribution is -0.141. The second kappa shape index (κ2) is 6.17. The van der Waals surface area contributed by atoms with E-state index in [0.29, 0.717) is 11.6 Å². The molecular weight excluding hydrogens is 340 g/mol. The number of halogens is 6. The molecule has 2 aromatic rings. The molecule has 0 radical (unpaired) electrons. The molecule has 0 unspecified atom stereocenters. The van der Waals surface area contributed by atoms with Crippen LogP contribution in [0, 0.1) is 0 Å². The Balaban J connectivity index is 2.05. The van der Waals surface area contributed by atoms with Gasteiger partial charge in [-0.1, -0.05) is 12.1 Å². The SMILES string of the molecule is Cn1nc(C(F)(F)F)cc1NC(=O)Cc1ccc(C(F)(F)F)cc1. The summed E-state index contributed by atoms with van der Waals surface area (Å²) in [6.07, 6.45) is -9.41. The van der Waals surface area contributed by atoms with E-state index in [2.05, 4.69) is 10.4 Å². The number of hydrogen-bond donors (Lipinski definition) is 1. The van der Waals surface area contributed by atoms with Crippen molar-refractivity contribution in [2.24, 2.45) is 7.05 Å². The van der Waals surface area contributed by atoms with Crippen molar-refractivity contribution >= 4 is 11.7 Å². The average molecular weight is 351 g/mol. The van der Waals surface area contributed by atoms with Crippen LogP contribution in [0.3, 0.4) is 0 Å². The minimum atomic E-state index is -4.64. The predicted octanol–water partition coefficient (Wildman–Crippen LogP) is 3.64. The molecule has 0 spiro atoms. The first-order valence-corrected chi connectivity index (χ1v) is 6.54. The highest BCUT2D eigenvalue weighted by Gasteiger charge is 2.34. The first-order chi connectivity index (χ1) is 11.0. The van der Waals surface area contributed by atoms with Crippen LogP contribution in [0.15, 0.2) is 30.3 Å². The van der Waals surface area contributed by atoms with Gasteiger partial charge in [-0.2, -0.15) is 31.4 Å². The van der Waals surface area contributed by atoms with Crippen molar-refractivity contribution in [2.45, 2.75) is 18.8 Å². The maximum absolute atomic E-state index is 12.5. The van der Waals surface area contributed by atoms with Crippen LogP contribution in [0.4, 0.5) is 32.2 Å². The van der Waals surface area contributed by atoms with Gasteiger partial charge in [0.15, 0.2) is 5.69 Å². The molecule has 0 saturated carbocycles. The number of anilines is 1. The van der Waals surface area contributed by atoms with Crippen LogP contribution >= 0.6 is 0 Å². The molecule has 130 valence electrons. The van der Waals surface area contributed by atoms with Crippen molar-refractivity contribution in [2.75, 3.05) is 5.32 Å². The zero-order chi connectivity index (χ0) is 18.1. The highest BCUT2D eigenvalue weighted by Crippen LogP contribution is 2.30. The van der Waals surface area contributed by atoms with Crippen LogP contribution in [-0.4, -0.2) is 15.7 Å². The minimum Gasteiger partial charge on any atom is -0.311 e. The van der Waals surface area contributed by atoms with Gasteiger partial charge in [-0.05, 0) is 17.7 Å². The van der Waals surface area contributed by atoms with Gasteiger partial charge >= 0.3 is 12.4 Å². The summed E-state index contributed by atoms with van der Waals surface area (Å²) in [5, 5.41) is 5.47. The molecule has 0 aliphatic rings. The van der Waals surface area contributed by atoms with Crippen molar-refractivity contribution in [3.63, 3.8) is 0 Å². The largest absolute Gasteiger partial charge is 0.435 e. The molecule has 0 aliphatic heterocycles. The van der Waals surface area contributed by atoms with Crippen LogP contribution in [0.1, 0.15) is 16.8 Å². The molecule has 0 aliphatic carbocycles. The van der Waals surface area contributed by atoms with Gasteiger partial charge in [0, 0.05) is 13.1 Å². The third-order valence-corrected chi connectivity index (χ3v) is 3.08. The number of amides is 1. The van der Waals surface area contributed by atoms with E-state index in [4.69, 9.17) is 0 Å². The lowest BCUT2D eigenvalue weighted by atomic mass is 10.1. The molecular formula is C14H11F6N3O. The van der Waals surface area contributed by atoms with Crippen LogP contribution in [0.25, 0.3) is 0 Å². The fourth-order valence-electron chi connectivity index (χ4n) is 1.91. The van der Waals surface area contributed by atoms with Crippen molar-refractivity contribution in [1.82, 2.24) is 9.78 Å². The fourth-order valence-corrected chi connectivity index (χ4v) is 1.91. The van der Waals surface area contributed by atoms with Crippen LogP contribution in [0.5, 0.6) is 0 Å². The Morgan fingerprint density at radius 2 is 1.67 bits per heavy atom. The topological polar surface area (TPSA) is 46.9 Å². The molecule has 1 aromatic carbocycles. The number of alkyl halides is 6. The average Bonchev–Trinajstić information content (AvgIpc) is 2.79. The van der Waals surface area contributed by atoms with Crippen LogP contribution in [-0.2, 0) is 30.6 Å². The Kier molecular flexibility index (Phi) is 4.59. The number of benzene rings is 1. The number of rotatable bonds is 3. The molecule has 0 atom stereocenters. The maximum Gasteiger partial charge on any atom is 0.435 e. The van der Waals surface area contributed by atoms with Crippen LogP contribution < -0.4 is 5.32 Å². The van der Waals surface area contributed by atoms with Gasteiger partial charge in [0.2, 0.25) is 5.91 Å². The normalized spacial score (nSPS) is 12.3. The van der Waals surface area contributed by atoms with E-state index in [-0.39, 0.29) is 12.2 Å². The van der Waals surface area contributed by atoms with Crippen molar-refractivity contribution in [1.29, 1.82) is 0 Å². The summed E-state index contributed by atoms with van der Waals surface area (Å²) in [6.45, 7) is 0. The molecule has 1 N–H and O–H groups in total. The highest BCUT2D eigenvalue weighted by atomic mass is 19.4. The van der Waals surface area contributed by atoms with Crippen molar-refractivity contribution in [3.05, 3.63) is 47.2 Å². The summed E-state index contributed by atoms with van der Waals surface area (Å²) in [7, 11) is 1.23. The lowest BCUT2D eigenvalue weighted by Gasteiger charge is -2.08. The number of hydrogen-bond acceptors (Lipinski definition) is 2. The summed E-state index contributed by atoms with van der Waals surface area (Å²) < 4.78 is 75.7. The van der Waals surface area contributed by atoms with Gasteiger partial charge in [-0.25, -0.2) is 0 Å². The first kappa shape index (κ1) is 17.8. The van der Waals surface area contributed by atoms with Crippen molar-refractivity contribution < 1.29 is 31.1 Å². The summed E-state index contributed by atoms with van der Waals surface area (Å²) in [5.41, 5.74) is -1.72. The van der Waals surface area contributed by atoms with E-state index >= 15 is 0 Å². The first-order valence-electron chi connectivity index (χ1n) is 6.54. The Morgan fingerprint density at radius 1 is 1.08 bits per heavy atom. The zero-order valence-electron chi connectivity index (χ0n) is 12.2. The number of nitrogens with one attached hydrogen (secondary N) is 1. The highest BCUT2D eigenvalue weighted by molar-refractivity contribution is 5.91. The van der Waals surface area contributed by atoms with Gasteiger partial charge in [-0.15, -0.1) is 0 Å². The van der Waals surface area contributed by atoms with E-state index in [0.717, 1.165) is 28.9 Å². The lowest BCUT2D eigenvalue weighted by Crippen LogP contribution is -2.16. The quantitative estimate of drug-likeness (QED) is 0.859. The number of aromatic nitrogens is 2. The van der Waals surface area contributed by atoms with Gasteiger partial charge in [-0.3, -0.25) is 9.48 Å². The van der Waals surface area contributed by atoms with E-state index in [1.54, 1.807) is 0 Å². The van der Waals surface area contributed by atoms with Crippen LogP contribution in [0.2, 0.25) is 0 Å². The van der Waals surface area contributed by atoms with E-state index in [1.807, 2.05) is 0 Å². The zero-order valence-corrected chi connectivity index (χ0v) is 12.2. The van der Waals surface area contributed by atoms with Gasteiger partial charge in [0.05, 0.1) is 12.0 Å². The Morgan fingerprint density at radius 3 is 2.12 bits per heavy atom. The molecule has 10 heteroatoms. The standard InChI is InChI=1S/C14H11F6N3O/c1-23-11(7-10(22-23)14(18,19)20)21-12(24)6-8-2-4-9(5-3-8)13(15,16)17/h2-5,7H,6H2,1H3,(H,21,24). The van der Waals surface area contributed by atoms with E-state index in [1.165, 1.54) is 7.05 Å². The smallest absolute Gasteiger partial charge is 0.311 e.